The molecule has 1 atom stereocenters. The quantitative estimate of drug-likeness (QED) is 0.659. The lowest BCUT2D eigenvalue weighted by molar-refractivity contribution is 0.200. The van der Waals surface area contributed by atoms with Crippen LogP contribution in [0.2, 0.25) is 0 Å². The standard InChI is InChI=1S/C20H28N4O/c25-20(24-15-9-18(16-24)22-11-3-4-12-22)21-10-5-13-23-14-8-17-6-1-2-7-19(17)23/h1-4,6-7,18H,5,8-16H2,(H,21,25). The second-order valence-corrected chi connectivity index (χ2v) is 7.27. The molecule has 0 radical (unpaired) electrons. The third-order valence-electron chi connectivity index (χ3n) is 5.68. The van der Waals surface area contributed by atoms with E-state index in [2.05, 4.69) is 51.5 Å². The van der Waals surface area contributed by atoms with Crippen LogP contribution in [0.4, 0.5) is 10.5 Å². The highest BCUT2D eigenvalue weighted by molar-refractivity contribution is 5.74. The number of carbonyl (C=O) groups excluding carboxylic acids is 1. The van der Waals surface area contributed by atoms with Gasteiger partial charge in [0.15, 0.2) is 0 Å². The highest BCUT2D eigenvalue weighted by Crippen LogP contribution is 2.27. The lowest BCUT2D eigenvalue weighted by atomic mass is 10.2. The van der Waals surface area contributed by atoms with E-state index in [9.17, 15) is 4.79 Å². The Hall–Kier alpha value is -2.01. The summed E-state index contributed by atoms with van der Waals surface area (Å²) in [5.41, 5.74) is 2.82. The number of carbonyl (C=O) groups is 1. The van der Waals surface area contributed by atoms with E-state index in [-0.39, 0.29) is 6.03 Å². The van der Waals surface area contributed by atoms with Gasteiger partial charge in [0.25, 0.3) is 0 Å². The first-order valence-electron chi connectivity index (χ1n) is 9.56. The molecule has 0 aromatic heterocycles. The fourth-order valence-corrected chi connectivity index (χ4v) is 4.23. The van der Waals surface area contributed by atoms with E-state index < -0.39 is 0 Å². The zero-order chi connectivity index (χ0) is 17.1. The zero-order valence-corrected chi connectivity index (χ0v) is 14.9. The van der Waals surface area contributed by atoms with Crippen LogP contribution in [0.1, 0.15) is 18.4 Å². The molecule has 25 heavy (non-hydrogen) atoms. The minimum absolute atomic E-state index is 0.108. The number of amides is 2. The van der Waals surface area contributed by atoms with Crippen molar-refractivity contribution in [1.29, 1.82) is 0 Å². The van der Waals surface area contributed by atoms with E-state index in [1.165, 1.54) is 11.3 Å². The first-order chi connectivity index (χ1) is 12.3. The molecule has 0 spiro atoms. The summed E-state index contributed by atoms with van der Waals surface area (Å²) >= 11 is 0. The van der Waals surface area contributed by atoms with Crippen molar-refractivity contribution in [2.75, 3.05) is 50.7 Å². The van der Waals surface area contributed by atoms with Gasteiger partial charge in [-0.1, -0.05) is 30.4 Å². The summed E-state index contributed by atoms with van der Waals surface area (Å²) in [4.78, 5) is 19.2. The molecule has 0 aliphatic carbocycles. The normalized spacial score (nSPS) is 22.6. The average molecular weight is 340 g/mol. The maximum Gasteiger partial charge on any atom is 0.317 e. The number of anilines is 1. The van der Waals surface area contributed by atoms with Gasteiger partial charge in [-0.15, -0.1) is 0 Å². The molecule has 4 rings (SSSR count). The molecule has 0 saturated carbocycles. The summed E-state index contributed by atoms with van der Waals surface area (Å²) in [6, 6.07) is 9.29. The van der Waals surface area contributed by atoms with Crippen LogP contribution in [0.25, 0.3) is 0 Å². The number of rotatable bonds is 5. The van der Waals surface area contributed by atoms with Crippen molar-refractivity contribution in [3.63, 3.8) is 0 Å². The molecule has 0 bridgehead atoms. The van der Waals surface area contributed by atoms with Crippen LogP contribution in [0.3, 0.4) is 0 Å². The SMILES string of the molecule is O=C(NCCCN1CCc2ccccc21)N1CCC(N2CC=CC2)C1. The highest BCUT2D eigenvalue weighted by Gasteiger charge is 2.30. The largest absolute Gasteiger partial charge is 0.371 e. The number of likely N-dealkylation sites (tertiary alicyclic amines) is 1. The number of urea groups is 1. The highest BCUT2D eigenvalue weighted by atomic mass is 16.2. The average Bonchev–Trinajstić information content (AvgIpc) is 3.38. The van der Waals surface area contributed by atoms with Crippen molar-refractivity contribution in [2.45, 2.75) is 25.3 Å². The molecular formula is C20H28N4O. The summed E-state index contributed by atoms with van der Waals surface area (Å²) in [7, 11) is 0. The van der Waals surface area contributed by atoms with E-state index in [0.29, 0.717) is 6.04 Å². The molecule has 1 unspecified atom stereocenters. The molecule has 1 saturated heterocycles. The Kier molecular flexibility index (Phi) is 4.92. The van der Waals surface area contributed by atoms with Crippen LogP contribution in [-0.4, -0.2) is 67.7 Å². The lowest BCUT2D eigenvalue weighted by Gasteiger charge is -2.24. The van der Waals surface area contributed by atoms with Gasteiger partial charge in [0, 0.05) is 57.5 Å². The van der Waals surface area contributed by atoms with E-state index in [1.54, 1.807) is 0 Å². The van der Waals surface area contributed by atoms with Gasteiger partial charge in [-0.25, -0.2) is 4.79 Å². The van der Waals surface area contributed by atoms with Gasteiger partial charge < -0.3 is 15.1 Å². The van der Waals surface area contributed by atoms with Crippen LogP contribution < -0.4 is 10.2 Å². The molecule has 134 valence electrons. The summed E-state index contributed by atoms with van der Waals surface area (Å²) in [6.45, 7) is 6.70. The molecule has 3 heterocycles. The molecule has 3 aliphatic rings. The molecule has 2 amide bonds. The topological polar surface area (TPSA) is 38.8 Å². The molecule has 5 nitrogen and oxygen atoms in total. The first kappa shape index (κ1) is 16.5. The number of para-hydroxylation sites is 1. The molecule has 5 heteroatoms. The van der Waals surface area contributed by atoms with Crippen molar-refractivity contribution >= 4 is 11.7 Å². The third-order valence-corrected chi connectivity index (χ3v) is 5.68. The Labute approximate surface area is 150 Å². The number of fused-ring (bicyclic) bond motifs is 1. The Bertz CT molecular complexity index is 636. The fraction of sp³-hybridized carbons (Fsp3) is 0.550. The van der Waals surface area contributed by atoms with Gasteiger partial charge in [-0.3, -0.25) is 4.90 Å². The van der Waals surface area contributed by atoms with Crippen molar-refractivity contribution in [1.82, 2.24) is 15.1 Å². The van der Waals surface area contributed by atoms with E-state index >= 15 is 0 Å². The third kappa shape index (κ3) is 3.66. The minimum Gasteiger partial charge on any atom is -0.371 e. The molecular weight excluding hydrogens is 312 g/mol. The van der Waals surface area contributed by atoms with Crippen molar-refractivity contribution < 1.29 is 4.79 Å². The van der Waals surface area contributed by atoms with Crippen LogP contribution in [0, 0.1) is 0 Å². The smallest absolute Gasteiger partial charge is 0.317 e. The van der Waals surface area contributed by atoms with Crippen LogP contribution in [0.15, 0.2) is 36.4 Å². The van der Waals surface area contributed by atoms with Crippen molar-refractivity contribution in [3.8, 4) is 0 Å². The van der Waals surface area contributed by atoms with Gasteiger partial charge >= 0.3 is 6.03 Å². The molecule has 1 aromatic rings. The second kappa shape index (κ2) is 7.48. The summed E-state index contributed by atoms with van der Waals surface area (Å²) in [6.07, 6.45) is 7.68. The Morgan fingerprint density at radius 2 is 2.00 bits per heavy atom. The van der Waals surface area contributed by atoms with Crippen LogP contribution in [0.5, 0.6) is 0 Å². The van der Waals surface area contributed by atoms with Gasteiger partial charge in [-0.05, 0) is 30.9 Å². The number of nitrogens with one attached hydrogen (secondary N) is 1. The van der Waals surface area contributed by atoms with E-state index in [0.717, 1.165) is 65.1 Å². The molecule has 1 fully saturated rings. The number of hydrogen-bond donors (Lipinski definition) is 1. The van der Waals surface area contributed by atoms with Gasteiger partial charge in [0.2, 0.25) is 0 Å². The summed E-state index contributed by atoms with van der Waals surface area (Å²) in [5.74, 6) is 0. The number of benzene rings is 1. The number of hydrogen-bond acceptors (Lipinski definition) is 3. The Morgan fingerprint density at radius 3 is 2.88 bits per heavy atom. The predicted octanol–water partition coefficient (Wildman–Crippen LogP) is 2.09. The van der Waals surface area contributed by atoms with Gasteiger partial charge in [0.1, 0.15) is 0 Å². The van der Waals surface area contributed by atoms with Crippen LogP contribution in [-0.2, 0) is 6.42 Å². The first-order valence-corrected chi connectivity index (χ1v) is 9.56. The fourth-order valence-electron chi connectivity index (χ4n) is 4.23. The van der Waals surface area contributed by atoms with Gasteiger partial charge in [-0.2, -0.15) is 0 Å². The molecule has 1 N–H and O–H groups in total. The number of nitrogens with zero attached hydrogens (tertiary/aromatic N) is 3. The van der Waals surface area contributed by atoms with Gasteiger partial charge in [0.05, 0.1) is 0 Å². The maximum atomic E-state index is 12.4. The summed E-state index contributed by atoms with van der Waals surface area (Å²) < 4.78 is 0. The Balaban J connectivity index is 1.16. The summed E-state index contributed by atoms with van der Waals surface area (Å²) in [5, 5.41) is 3.11. The van der Waals surface area contributed by atoms with Crippen LogP contribution >= 0.6 is 0 Å². The van der Waals surface area contributed by atoms with Crippen molar-refractivity contribution in [2.24, 2.45) is 0 Å². The lowest BCUT2D eigenvalue weighted by Crippen LogP contribution is -2.42. The molecule has 1 aromatic carbocycles. The monoisotopic (exact) mass is 340 g/mol. The maximum absolute atomic E-state index is 12.4. The zero-order valence-electron chi connectivity index (χ0n) is 14.9. The van der Waals surface area contributed by atoms with E-state index in [4.69, 9.17) is 0 Å². The van der Waals surface area contributed by atoms with Crippen molar-refractivity contribution in [3.05, 3.63) is 42.0 Å². The Morgan fingerprint density at radius 1 is 1.16 bits per heavy atom. The predicted molar refractivity (Wildman–Crippen MR) is 101 cm³/mol. The second-order valence-electron chi connectivity index (χ2n) is 7.27. The molecule has 3 aliphatic heterocycles. The minimum atomic E-state index is 0.108. The van der Waals surface area contributed by atoms with E-state index in [1.807, 2.05) is 4.90 Å².